The van der Waals surface area contributed by atoms with Crippen molar-refractivity contribution in [3.05, 3.63) is 0 Å². The monoisotopic (exact) mass is 218 g/mol. The zero-order valence-electron chi connectivity index (χ0n) is 9.23. The van der Waals surface area contributed by atoms with Crippen LogP contribution in [-0.2, 0) is 9.59 Å². The molecule has 0 spiro atoms. The summed E-state index contributed by atoms with van der Waals surface area (Å²) >= 11 is 0. The number of carbonyl (C=O) groups excluding carboxylic acids is 2. The van der Waals surface area contributed by atoms with Gasteiger partial charge in [0.15, 0.2) is 0 Å². The maximum Gasteiger partial charge on any atom is 0.120 e. The Kier molecular flexibility index (Phi) is 21.1. The molecule has 0 bridgehead atoms. The second-order valence-corrected chi connectivity index (χ2v) is 3.13. The van der Waals surface area contributed by atoms with Gasteiger partial charge in [0.1, 0.15) is 12.6 Å². The largest absolute Gasteiger partial charge is 0.396 e. The zero-order chi connectivity index (χ0) is 11.8. The van der Waals surface area contributed by atoms with Crippen molar-refractivity contribution < 1.29 is 19.8 Å². The first kappa shape index (κ1) is 16.7. The van der Waals surface area contributed by atoms with Gasteiger partial charge in [0, 0.05) is 26.1 Å². The van der Waals surface area contributed by atoms with Crippen molar-refractivity contribution in [2.24, 2.45) is 0 Å². The summed E-state index contributed by atoms with van der Waals surface area (Å²) in [7, 11) is 0. The van der Waals surface area contributed by atoms with Crippen LogP contribution >= 0.6 is 0 Å². The van der Waals surface area contributed by atoms with Crippen LogP contribution in [0.25, 0.3) is 0 Å². The third-order valence-corrected chi connectivity index (χ3v) is 1.71. The molecule has 4 heteroatoms. The van der Waals surface area contributed by atoms with Gasteiger partial charge in [0.05, 0.1) is 0 Å². The summed E-state index contributed by atoms with van der Waals surface area (Å²) in [5.41, 5.74) is 0. The molecule has 0 aliphatic rings. The van der Waals surface area contributed by atoms with Crippen molar-refractivity contribution in [2.45, 2.75) is 44.9 Å². The lowest BCUT2D eigenvalue weighted by atomic mass is 10.2. The second kappa shape index (κ2) is 18.9. The molecule has 0 heterocycles. The van der Waals surface area contributed by atoms with E-state index in [4.69, 9.17) is 10.2 Å². The first-order valence-corrected chi connectivity index (χ1v) is 5.42. The van der Waals surface area contributed by atoms with E-state index in [1.165, 1.54) is 0 Å². The normalized spacial score (nSPS) is 8.93. The predicted molar refractivity (Wildman–Crippen MR) is 58.6 cm³/mol. The summed E-state index contributed by atoms with van der Waals surface area (Å²) in [6.45, 7) is 0.566. The van der Waals surface area contributed by atoms with E-state index in [9.17, 15) is 9.59 Å². The molecule has 0 rings (SSSR count). The summed E-state index contributed by atoms with van der Waals surface area (Å²) in [6, 6.07) is 0. The standard InChI is InChI=1S/C6H14O2.C5H8O2/c7-5-3-1-2-4-6-8;6-4-2-1-3-5-7/h7-8H,1-6H2;4-5H,1-3H2. The molecule has 0 aromatic carbocycles. The van der Waals surface area contributed by atoms with Gasteiger partial charge in [0.25, 0.3) is 0 Å². The lowest BCUT2D eigenvalue weighted by Gasteiger charge is -1.93. The van der Waals surface area contributed by atoms with Crippen molar-refractivity contribution >= 4 is 12.6 Å². The van der Waals surface area contributed by atoms with Gasteiger partial charge >= 0.3 is 0 Å². The maximum absolute atomic E-state index is 9.56. The van der Waals surface area contributed by atoms with Crippen LogP contribution in [0.4, 0.5) is 0 Å². The predicted octanol–water partition coefficient (Wildman–Crippen LogP) is 1.09. The highest BCUT2D eigenvalue weighted by molar-refractivity contribution is 5.52. The molecule has 4 nitrogen and oxygen atoms in total. The van der Waals surface area contributed by atoms with Crippen molar-refractivity contribution in [1.82, 2.24) is 0 Å². The van der Waals surface area contributed by atoms with Crippen LogP contribution in [0, 0.1) is 0 Å². The fourth-order valence-corrected chi connectivity index (χ4v) is 0.862. The number of aldehydes is 2. The minimum absolute atomic E-state index is 0.283. The second-order valence-electron chi connectivity index (χ2n) is 3.13. The van der Waals surface area contributed by atoms with Crippen LogP contribution < -0.4 is 0 Å². The van der Waals surface area contributed by atoms with Gasteiger partial charge in [-0.15, -0.1) is 0 Å². The maximum atomic E-state index is 9.56. The molecule has 0 saturated heterocycles. The zero-order valence-corrected chi connectivity index (χ0v) is 9.23. The van der Waals surface area contributed by atoms with Crippen LogP contribution in [0.5, 0.6) is 0 Å². The fourth-order valence-electron chi connectivity index (χ4n) is 0.862. The summed E-state index contributed by atoms with van der Waals surface area (Å²) in [5, 5.41) is 16.6. The minimum Gasteiger partial charge on any atom is -0.396 e. The van der Waals surface area contributed by atoms with Crippen LogP contribution in [0.3, 0.4) is 0 Å². The summed E-state index contributed by atoms with van der Waals surface area (Å²) in [5.74, 6) is 0. The molecular weight excluding hydrogens is 196 g/mol. The topological polar surface area (TPSA) is 74.6 Å². The molecule has 0 fully saturated rings. The molecule has 15 heavy (non-hydrogen) atoms. The highest BCUT2D eigenvalue weighted by Crippen LogP contribution is 1.96. The van der Waals surface area contributed by atoms with E-state index in [-0.39, 0.29) is 13.2 Å². The van der Waals surface area contributed by atoms with Crippen molar-refractivity contribution in [2.75, 3.05) is 13.2 Å². The Morgan fingerprint density at radius 2 is 1.07 bits per heavy atom. The Morgan fingerprint density at radius 1 is 0.667 bits per heavy atom. The number of aliphatic hydroxyl groups excluding tert-OH is 2. The van der Waals surface area contributed by atoms with Gasteiger partial charge in [-0.25, -0.2) is 0 Å². The summed E-state index contributed by atoms with van der Waals surface area (Å²) in [4.78, 5) is 19.1. The molecule has 0 saturated carbocycles. The lowest BCUT2D eigenvalue weighted by Crippen LogP contribution is -1.85. The Bertz CT molecular complexity index is 112. The summed E-state index contributed by atoms with van der Waals surface area (Å²) in [6.07, 6.45) is 7.20. The average molecular weight is 218 g/mol. The molecule has 0 radical (unpaired) electrons. The number of unbranched alkanes of at least 4 members (excludes halogenated alkanes) is 5. The number of hydrogen-bond acceptors (Lipinski definition) is 4. The quantitative estimate of drug-likeness (QED) is 0.448. The smallest absolute Gasteiger partial charge is 0.120 e. The molecule has 0 unspecified atom stereocenters. The molecule has 0 aliphatic carbocycles. The lowest BCUT2D eigenvalue weighted by molar-refractivity contribution is -0.108. The van der Waals surface area contributed by atoms with E-state index < -0.39 is 0 Å². The Hall–Kier alpha value is -0.740. The van der Waals surface area contributed by atoms with E-state index in [1.807, 2.05) is 0 Å². The number of carbonyl (C=O) groups is 2. The Morgan fingerprint density at radius 3 is 1.33 bits per heavy atom. The molecule has 0 aromatic heterocycles. The van der Waals surface area contributed by atoms with Crippen molar-refractivity contribution in [1.29, 1.82) is 0 Å². The number of rotatable bonds is 9. The van der Waals surface area contributed by atoms with E-state index in [0.29, 0.717) is 19.3 Å². The van der Waals surface area contributed by atoms with Gasteiger partial charge in [-0.2, -0.15) is 0 Å². The number of aliphatic hydroxyl groups is 2. The van der Waals surface area contributed by atoms with Gasteiger partial charge < -0.3 is 19.8 Å². The highest BCUT2D eigenvalue weighted by Gasteiger charge is 1.84. The van der Waals surface area contributed by atoms with Gasteiger partial charge in [0.2, 0.25) is 0 Å². The van der Waals surface area contributed by atoms with Crippen molar-refractivity contribution in [3.8, 4) is 0 Å². The third kappa shape index (κ3) is 24.6. The van der Waals surface area contributed by atoms with Gasteiger partial charge in [-0.05, 0) is 19.3 Å². The first-order valence-electron chi connectivity index (χ1n) is 5.42. The first-order chi connectivity index (χ1) is 7.33. The van der Waals surface area contributed by atoms with Crippen LogP contribution in [-0.4, -0.2) is 36.0 Å². The summed E-state index contributed by atoms with van der Waals surface area (Å²) < 4.78 is 0. The molecule has 2 N–H and O–H groups in total. The van der Waals surface area contributed by atoms with Crippen LogP contribution in [0.2, 0.25) is 0 Å². The third-order valence-electron chi connectivity index (χ3n) is 1.71. The Balaban J connectivity index is 0. The van der Waals surface area contributed by atoms with E-state index in [2.05, 4.69) is 0 Å². The van der Waals surface area contributed by atoms with Gasteiger partial charge in [-0.1, -0.05) is 12.8 Å². The SMILES string of the molecule is O=CCCCC=O.OCCCCCCO. The molecule has 90 valence electrons. The molecule has 0 amide bonds. The molecular formula is C11H22O4. The van der Waals surface area contributed by atoms with E-state index in [0.717, 1.165) is 38.3 Å². The van der Waals surface area contributed by atoms with Gasteiger partial charge in [-0.3, -0.25) is 0 Å². The van der Waals surface area contributed by atoms with E-state index in [1.54, 1.807) is 0 Å². The highest BCUT2D eigenvalue weighted by atomic mass is 16.3. The fraction of sp³-hybridized carbons (Fsp3) is 0.818. The number of hydrogen-bond donors (Lipinski definition) is 2. The molecule has 0 atom stereocenters. The van der Waals surface area contributed by atoms with E-state index >= 15 is 0 Å². The minimum atomic E-state index is 0.283. The molecule has 0 aromatic rings. The Labute approximate surface area is 91.3 Å². The molecule has 0 aliphatic heterocycles. The van der Waals surface area contributed by atoms with Crippen molar-refractivity contribution in [3.63, 3.8) is 0 Å². The average Bonchev–Trinajstić information content (AvgIpc) is 2.26. The van der Waals surface area contributed by atoms with Crippen LogP contribution in [0.1, 0.15) is 44.9 Å². The van der Waals surface area contributed by atoms with Crippen LogP contribution in [0.15, 0.2) is 0 Å².